The van der Waals surface area contributed by atoms with Crippen molar-refractivity contribution in [3.8, 4) is 5.75 Å². The maximum absolute atomic E-state index is 5.25. The molecule has 1 atom stereocenters. The number of methoxy groups -OCH3 is 1. The number of nitrogens with zero attached hydrogens (tertiary/aromatic N) is 1. The van der Waals surface area contributed by atoms with E-state index in [-0.39, 0.29) is 0 Å². The average Bonchev–Trinajstić information content (AvgIpc) is 3.12. The topological polar surface area (TPSA) is 45.7 Å². The molecule has 0 fully saturated rings. The van der Waals surface area contributed by atoms with Crippen LogP contribution in [-0.4, -0.2) is 33.2 Å². The molecule has 23 heavy (non-hydrogen) atoms. The Morgan fingerprint density at radius 1 is 1.30 bits per heavy atom. The fraction of sp³-hybridized carbons (Fsp3) is 0.389. The number of aliphatic imine (C=N–C) groups is 1. The van der Waals surface area contributed by atoms with Crippen molar-refractivity contribution in [2.75, 3.05) is 27.2 Å². The lowest BCUT2D eigenvalue weighted by molar-refractivity contribution is 0.414. The van der Waals surface area contributed by atoms with Crippen molar-refractivity contribution >= 4 is 17.3 Å². The summed E-state index contributed by atoms with van der Waals surface area (Å²) in [4.78, 5) is 4.28. The number of benzene rings is 1. The van der Waals surface area contributed by atoms with Gasteiger partial charge in [0, 0.05) is 20.1 Å². The van der Waals surface area contributed by atoms with Crippen LogP contribution in [-0.2, 0) is 6.42 Å². The predicted octanol–water partition coefficient (Wildman–Crippen LogP) is 3.27. The first-order chi connectivity index (χ1) is 11.2. The smallest absolute Gasteiger partial charge is 0.191 e. The van der Waals surface area contributed by atoms with Gasteiger partial charge in [0.2, 0.25) is 0 Å². The van der Waals surface area contributed by atoms with Crippen molar-refractivity contribution in [3.63, 3.8) is 0 Å². The van der Waals surface area contributed by atoms with Crippen molar-refractivity contribution in [1.82, 2.24) is 10.6 Å². The lowest BCUT2D eigenvalue weighted by atomic mass is 10.1. The molecule has 0 aliphatic rings. The van der Waals surface area contributed by atoms with Gasteiger partial charge in [-0.2, -0.15) is 11.3 Å². The third kappa shape index (κ3) is 5.60. The molecule has 0 saturated carbocycles. The molecule has 1 heterocycles. The first-order valence-corrected chi connectivity index (χ1v) is 8.76. The summed E-state index contributed by atoms with van der Waals surface area (Å²) in [5, 5.41) is 11.1. The molecule has 0 saturated heterocycles. The highest BCUT2D eigenvalue weighted by Crippen LogP contribution is 2.17. The zero-order chi connectivity index (χ0) is 16.5. The van der Waals surface area contributed by atoms with Crippen molar-refractivity contribution in [2.45, 2.75) is 19.3 Å². The molecule has 0 bridgehead atoms. The maximum atomic E-state index is 5.25. The number of ether oxygens (including phenoxy) is 1. The Bertz CT molecular complexity index is 610. The minimum Gasteiger partial charge on any atom is -0.497 e. The van der Waals surface area contributed by atoms with Crippen molar-refractivity contribution in [2.24, 2.45) is 4.99 Å². The molecule has 1 aromatic carbocycles. The second-order valence-corrected chi connectivity index (χ2v) is 6.22. The van der Waals surface area contributed by atoms with Crippen LogP contribution in [0.3, 0.4) is 0 Å². The molecular weight excluding hydrogens is 306 g/mol. The van der Waals surface area contributed by atoms with Crippen molar-refractivity contribution in [1.29, 1.82) is 0 Å². The molecule has 0 radical (unpaired) electrons. The Balaban J connectivity index is 1.74. The second kappa shape index (κ2) is 9.20. The number of hydrogen-bond donors (Lipinski definition) is 2. The highest BCUT2D eigenvalue weighted by molar-refractivity contribution is 7.07. The zero-order valence-electron chi connectivity index (χ0n) is 14.0. The average molecular weight is 331 g/mol. The Labute approximate surface area is 142 Å². The van der Waals surface area contributed by atoms with E-state index in [9.17, 15) is 0 Å². The van der Waals surface area contributed by atoms with E-state index in [4.69, 9.17) is 4.74 Å². The van der Waals surface area contributed by atoms with Crippen molar-refractivity contribution < 1.29 is 4.74 Å². The zero-order valence-corrected chi connectivity index (χ0v) is 14.8. The molecule has 2 aromatic rings. The summed E-state index contributed by atoms with van der Waals surface area (Å²) in [5.41, 5.74) is 2.62. The molecule has 0 aliphatic carbocycles. The van der Waals surface area contributed by atoms with E-state index in [0.717, 1.165) is 31.2 Å². The maximum Gasteiger partial charge on any atom is 0.191 e. The lowest BCUT2D eigenvalue weighted by Gasteiger charge is -2.15. The van der Waals surface area contributed by atoms with Crippen LogP contribution in [0.25, 0.3) is 0 Å². The molecule has 2 rings (SSSR count). The highest BCUT2D eigenvalue weighted by Gasteiger charge is 2.06. The van der Waals surface area contributed by atoms with Crippen LogP contribution in [0.1, 0.15) is 24.0 Å². The molecule has 2 N–H and O–H groups in total. The third-order valence-electron chi connectivity index (χ3n) is 3.75. The van der Waals surface area contributed by atoms with Crippen LogP contribution >= 0.6 is 11.3 Å². The molecular formula is C18H25N3OS. The van der Waals surface area contributed by atoms with Crippen LogP contribution in [0.5, 0.6) is 5.75 Å². The van der Waals surface area contributed by atoms with Crippen LogP contribution in [0.2, 0.25) is 0 Å². The van der Waals surface area contributed by atoms with Gasteiger partial charge in [-0.1, -0.05) is 19.1 Å². The summed E-state index contributed by atoms with van der Waals surface area (Å²) in [6.07, 6.45) is 0.929. The largest absolute Gasteiger partial charge is 0.497 e. The summed E-state index contributed by atoms with van der Waals surface area (Å²) in [5.74, 6) is 2.21. The lowest BCUT2D eigenvalue weighted by Crippen LogP contribution is -2.39. The Hall–Kier alpha value is -2.01. The highest BCUT2D eigenvalue weighted by atomic mass is 32.1. The van der Waals surface area contributed by atoms with E-state index < -0.39 is 0 Å². The van der Waals surface area contributed by atoms with E-state index >= 15 is 0 Å². The molecule has 124 valence electrons. The Kier molecular flexibility index (Phi) is 6.94. The van der Waals surface area contributed by atoms with Gasteiger partial charge in [0.1, 0.15) is 5.75 Å². The molecule has 5 heteroatoms. The van der Waals surface area contributed by atoms with Gasteiger partial charge in [0.15, 0.2) is 5.96 Å². The predicted molar refractivity (Wildman–Crippen MR) is 98.8 cm³/mol. The molecule has 4 nitrogen and oxygen atoms in total. The van der Waals surface area contributed by atoms with Gasteiger partial charge < -0.3 is 15.4 Å². The van der Waals surface area contributed by atoms with Crippen LogP contribution in [0.4, 0.5) is 0 Å². The molecule has 1 unspecified atom stereocenters. The van der Waals surface area contributed by atoms with E-state index in [1.165, 1.54) is 11.1 Å². The van der Waals surface area contributed by atoms with Crippen LogP contribution in [0, 0.1) is 0 Å². The van der Waals surface area contributed by atoms with E-state index in [1.807, 2.05) is 12.1 Å². The summed E-state index contributed by atoms with van der Waals surface area (Å²) in [6.45, 7) is 3.92. The van der Waals surface area contributed by atoms with Gasteiger partial charge in [0.25, 0.3) is 0 Å². The number of nitrogens with one attached hydrogen (secondary N) is 2. The Morgan fingerprint density at radius 3 is 2.87 bits per heavy atom. The van der Waals surface area contributed by atoms with Gasteiger partial charge in [-0.25, -0.2) is 0 Å². The molecule has 1 aromatic heterocycles. The van der Waals surface area contributed by atoms with Gasteiger partial charge in [-0.05, 0) is 52.4 Å². The third-order valence-corrected chi connectivity index (χ3v) is 4.45. The first kappa shape index (κ1) is 17.3. The van der Waals surface area contributed by atoms with Crippen molar-refractivity contribution in [3.05, 3.63) is 52.2 Å². The first-order valence-electron chi connectivity index (χ1n) is 7.82. The van der Waals surface area contributed by atoms with Gasteiger partial charge in [-0.3, -0.25) is 4.99 Å². The van der Waals surface area contributed by atoms with Crippen LogP contribution in [0.15, 0.2) is 46.1 Å². The van der Waals surface area contributed by atoms with Gasteiger partial charge in [-0.15, -0.1) is 0 Å². The van der Waals surface area contributed by atoms with Gasteiger partial charge >= 0.3 is 0 Å². The fourth-order valence-corrected chi connectivity index (χ4v) is 3.08. The normalized spacial score (nSPS) is 12.7. The monoisotopic (exact) mass is 331 g/mol. The molecule has 0 amide bonds. The number of thiophene rings is 1. The summed E-state index contributed by atoms with van der Waals surface area (Å²) >= 11 is 1.74. The van der Waals surface area contributed by atoms with Crippen LogP contribution < -0.4 is 15.4 Å². The van der Waals surface area contributed by atoms with Gasteiger partial charge in [0.05, 0.1) is 7.11 Å². The molecule has 0 aliphatic heterocycles. The van der Waals surface area contributed by atoms with E-state index in [1.54, 1.807) is 25.5 Å². The second-order valence-electron chi connectivity index (χ2n) is 5.44. The SMILES string of the molecule is CN=C(NCCc1cccc(OC)c1)NCC(C)c1ccsc1. The van der Waals surface area contributed by atoms with E-state index in [0.29, 0.717) is 5.92 Å². The minimum absolute atomic E-state index is 0.471. The summed E-state index contributed by atoms with van der Waals surface area (Å²) < 4.78 is 5.25. The number of guanidine groups is 1. The summed E-state index contributed by atoms with van der Waals surface area (Å²) in [7, 11) is 3.49. The quantitative estimate of drug-likeness (QED) is 0.605. The fourth-order valence-electron chi connectivity index (χ4n) is 2.30. The number of hydrogen-bond acceptors (Lipinski definition) is 3. The summed E-state index contributed by atoms with van der Waals surface area (Å²) in [6, 6.07) is 10.3. The molecule has 0 spiro atoms. The Morgan fingerprint density at radius 2 is 2.17 bits per heavy atom. The standard InChI is InChI=1S/C18H25N3OS/c1-14(16-8-10-23-13-16)12-21-18(19-2)20-9-7-15-5-4-6-17(11-15)22-3/h4-6,8,10-11,13-14H,7,9,12H2,1-3H3,(H2,19,20,21). The minimum atomic E-state index is 0.471. The number of rotatable bonds is 7. The van der Waals surface area contributed by atoms with E-state index in [2.05, 4.69) is 51.5 Å².